The number of carboxylic acid groups (broad SMARTS) is 1. The molecule has 5 amide bonds. The minimum Gasteiger partial charge on any atom is -0.481 e. The van der Waals surface area contributed by atoms with Crippen LogP contribution in [-0.2, 0) is 28.8 Å². The zero-order valence-electron chi connectivity index (χ0n) is 28.5. The second kappa shape index (κ2) is 24.0. The SMILES string of the molecule is C.CCC[C@H](NC(=O)[C@@H](NC(=O)CCCC(=O)O)[C@@H](C)CC)C(=O)N[C@@H](CC(C)C)[C@@H](O)CC(=O)N[C@@H](CC(C)C)C(=O)NCC. The van der Waals surface area contributed by atoms with E-state index in [1.54, 1.807) is 13.8 Å². The number of rotatable bonds is 23. The summed E-state index contributed by atoms with van der Waals surface area (Å²) in [5.41, 5.74) is 0. The van der Waals surface area contributed by atoms with Crippen LogP contribution >= 0.6 is 0 Å². The molecular weight excluding hydrogens is 594 g/mol. The number of carbonyl (C=O) groups is 6. The van der Waals surface area contributed by atoms with Gasteiger partial charge in [-0.2, -0.15) is 0 Å². The van der Waals surface area contributed by atoms with E-state index in [0.29, 0.717) is 38.6 Å². The molecule has 0 radical (unpaired) electrons. The Bertz CT molecular complexity index is 958. The van der Waals surface area contributed by atoms with Crippen LogP contribution < -0.4 is 26.6 Å². The molecule has 0 saturated carbocycles. The quantitative estimate of drug-likeness (QED) is 0.0868. The summed E-state index contributed by atoms with van der Waals surface area (Å²) in [5, 5.41) is 33.6. The van der Waals surface area contributed by atoms with Crippen molar-refractivity contribution < 1.29 is 39.0 Å². The van der Waals surface area contributed by atoms with E-state index in [-0.39, 0.29) is 56.8 Å². The fourth-order valence-corrected chi connectivity index (χ4v) is 4.86. The van der Waals surface area contributed by atoms with E-state index in [9.17, 15) is 33.9 Å². The number of aliphatic carboxylic acids is 1. The van der Waals surface area contributed by atoms with Crippen LogP contribution in [0.3, 0.4) is 0 Å². The van der Waals surface area contributed by atoms with Crippen molar-refractivity contribution in [2.75, 3.05) is 6.54 Å². The fourth-order valence-electron chi connectivity index (χ4n) is 4.86. The van der Waals surface area contributed by atoms with Crippen LogP contribution in [0.2, 0.25) is 0 Å². The van der Waals surface area contributed by atoms with Gasteiger partial charge in [-0.25, -0.2) is 0 Å². The third-order valence-electron chi connectivity index (χ3n) is 7.44. The molecule has 268 valence electrons. The highest BCUT2D eigenvalue weighted by atomic mass is 16.4. The van der Waals surface area contributed by atoms with E-state index in [0.717, 1.165) is 0 Å². The summed E-state index contributed by atoms with van der Waals surface area (Å²) >= 11 is 0. The lowest BCUT2D eigenvalue weighted by Crippen LogP contribution is -2.57. The van der Waals surface area contributed by atoms with E-state index >= 15 is 0 Å². The van der Waals surface area contributed by atoms with Crippen LogP contribution in [0.25, 0.3) is 0 Å². The molecule has 0 rings (SSSR count). The number of hydrogen-bond acceptors (Lipinski definition) is 7. The van der Waals surface area contributed by atoms with E-state index in [1.165, 1.54) is 0 Å². The first-order valence-electron chi connectivity index (χ1n) is 16.4. The highest BCUT2D eigenvalue weighted by Gasteiger charge is 2.32. The Kier molecular flexibility index (Phi) is 23.5. The maximum Gasteiger partial charge on any atom is 0.303 e. The molecule has 0 aromatic rings. The first-order chi connectivity index (χ1) is 21.1. The normalized spacial score (nSPS) is 14.9. The van der Waals surface area contributed by atoms with Crippen LogP contribution in [-0.4, -0.2) is 82.5 Å². The molecule has 0 spiro atoms. The molecule has 6 atom stereocenters. The van der Waals surface area contributed by atoms with Gasteiger partial charge in [0, 0.05) is 19.4 Å². The molecule has 0 aromatic heterocycles. The number of amides is 5. The molecule has 0 aliphatic rings. The third-order valence-corrected chi connectivity index (χ3v) is 7.44. The molecule has 0 fully saturated rings. The average molecular weight is 658 g/mol. The highest BCUT2D eigenvalue weighted by molar-refractivity contribution is 5.92. The molecule has 7 N–H and O–H groups in total. The Balaban J connectivity index is 0. The Hall–Kier alpha value is -3.22. The van der Waals surface area contributed by atoms with Crippen molar-refractivity contribution in [1.29, 1.82) is 0 Å². The Morgan fingerprint density at radius 1 is 0.696 bits per heavy atom. The smallest absolute Gasteiger partial charge is 0.303 e. The molecule has 0 aromatic carbocycles. The van der Waals surface area contributed by atoms with Gasteiger partial charge in [0.1, 0.15) is 18.1 Å². The number of hydrogen-bond donors (Lipinski definition) is 7. The molecule has 13 heteroatoms. The highest BCUT2D eigenvalue weighted by Crippen LogP contribution is 2.14. The van der Waals surface area contributed by atoms with Gasteiger partial charge in [0.25, 0.3) is 0 Å². The first-order valence-corrected chi connectivity index (χ1v) is 16.4. The molecule has 13 nitrogen and oxygen atoms in total. The van der Waals surface area contributed by atoms with E-state index in [4.69, 9.17) is 5.11 Å². The number of aliphatic hydroxyl groups excluding tert-OH is 1. The second-order valence-corrected chi connectivity index (χ2v) is 12.7. The Morgan fingerprint density at radius 3 is 1.80 bits per heavy atom. The summed E-state index contributed by atoms with van der Waals surface area (Å²) in [4.78, 5) is 75.4. The topological polar surface area (TPSA) is 203 Å². The lowest BCUT2D eigenvalue weighted by Gasteiger charge is -2.30. The number of carboxylic acids is 1. The minimum absolute atomic E-state index is 0. The van der Waals surface area contributed by atoms with Gasteiger partial charge < -0.3 is 36.8 Å². The van der Waals surface area contributed by atoms with E-state index < -0.39 is 59.9 Å². The van der Waals surface area contributed by atoms with Gasteiger partial charge in [-0.15, -0.1) is 0 Å². The van der Waals surface area contributed by atoms with E-state index in [2.05, 4.69) is 26.6 Å². The molecule has 0 bridgehead atoms. The number of carbonyl (C=O) groups excluding carboxylic acids is 5. The van der Waals surface area contributed by atoms with Crippen LogP contribution in [0.4, 0.5) is 0 Å². The largest absolute Gasteiger partial charge is 0.481 e. The van der Waals surface area contributed by atoms with E-state index in [1.807, 2.05) is 41.5 Å². The molecular formula is C33H63N5O8. The maximum atomic E-state index is 13.5. The fraction of sp³-hybridized carbons (Fsp3) is 0.818. The van der Waals surface area contributed by atoms with Gasteiger partial charge in [-0.1, -0.05) is 68.7 Å². The molecule has 0 aliphatic heterocycles. The predicted molar refractivity (Wildman–Crippen MR) is 179 cm³/mol. The van der Waals surface area contributed by atoms with Crippen molar-refractivity contribution in [3.63, 3.8) is 0 Å². The summed E-state index contributed by atoms with van der Waals surface area (Å²) in [6, 6.07) is -3.43. The molecule has 46 heavy (non-hydrogen) atoms. The minimum atomic E-state index is -1.25. The third kappa shape index (κ3) is 18.7. The number of aliphatic hydroxyl groups is 1. The lowest BCUT2D eigenvalue weighted by molar-refractivity contribution is -0.137. The van der Waals surface area contributed by atoms with Gasteiger partial charge in [-0.05, 0) is 50.4 Å². The van der Waals surface area contributed by atoms with Gasteiger partial charge in [0.05, 0.1) is 18.6 Å². The second-order valence-electron chi connectivity index (χ2n) is 12.7. The molecule has 0 aliphatic carbocycles. The van der Waals surface area contributed by atoms with Crippen LogP contribution in [0.15, 0.2) is 0 Å². The van der Waals surface area contributed by atoms with Crippen molar-refractivity contribution in [3.8, 4) is 0 Å². The lowest BCUT2D eigenvalue weighted by atomic mass is 9.95. The predicted octanol–water partition coefficient (Wildman–Crippen LogP) is 2.64. The average Bonchev–Trinajstić information content (AvgIpc) is 2.93. The summed E-state index contributed by atoms with van der Waals surface area (Å²) < 4.78 is 0. The number of likely N-dealkylation sites (N-methyl/N-ethyl adjacent to an activating group) is 1. The summed E-state index contributed by atoms with van der Waals surface area (Å²) in [6.07, 6.45) is 0.566. The zero-order chi connectivity index (χ0) is 34.7. The Morgan fingerprint density at radius 2 is 1.30 bits per heavy atom. The molecule has 0 unspecified atom stereocenters. The van der Waals surface area contributed by atoms with Crippen molar-refractivity contribution in [1.82, 2.24) is 26.6 Å². The number of nitrogens with one attached hydrogen (secondary N) is 5. The van der Waals surface area contributed by atoms with Crippen LogP contribution in [0.1, 0.15) is 121 Å². The van der Waals surface area contributed by atoms with Gasteiger partial charge in [-0.3, -0.25) is 28.8 Å². The van der Waals surface area contributed by atoms with Crippen molar-refractivity contribution in [2.45, 2.75) is 151 Å². The van der Waals surface area contributed by atoms with Gasteiger partial charge >= 0.3 is 5.97 Å². The van der Waals surface area contributed by atoms with Crippen molar-refractivity contribution >= 4 is 35.5 Å². The molecule has 0 saturated heterocycles. The first kappa shape index (κ1) is 44.9. The van der Waals surface area contributed by atoms with Crippen LogP contribution in [0, 0.1) is 17.8 Å². The van der Waals surface area contributed by atoms with Crippen LogP contribution in [0.5, 0.6) is 0 Å². The monoisotopic (exact) mass is 657 g/mol. The summed E-state index contributed by atoms with van der Waals surface area (Å²) in [6.45, 7) is 15.4. The standard InChI is InChI=1S/C32H59N5O8.CH4/c1-9-13-22(35-32(45)29(21(8)10-2)37-26(39)14-12-15-28(41)42)31(44)36-23(16-19(4)5)25(38)18-27(40)34-24(17-20(6)7)30(43)33-11-3;/h19-25,29,38H,9-18H2,1-8H3,(H,33,43)(H,34,40)(H,35,45)(H,36,44)(H,37,39)(H,41,42);1H4/t21-,22-,23-,24-,25-,29-;/m0./s1. The Labute approximate surface area is 276 Å². The van der Waals surface area contributed by atoms with Gasteiger partial charge in [0.15, 0.2) is 0 Å². The van der Waals surface area contributed by atoms with Crippen molar-refractivity contribution in [2.24, 2.45) is 17.8 Å². The maximum absolute atomic E-state index is 13.5. The molecule has 0 heterocycles. The van der Waals surface area contributed by atoms with Gasteiger partial charge in [0.2, 0.25) is 29.5 Å². The van der Waals surface area contributed by atoms with Crippen molar-refractivity contribution in [3.05, 3.63) is 0 Å². The zero-order valence-corrected chi connectivity index (χ0v) is 28.5. The summed E-state index contributed by atoms with van der Waals surface area (Å²) in [5.74, 6) is -3.39. The summed E-state index contributed by atoms with van der Waals surface area (Å²) in [7, 11) is 0.